The average molecular weight is 254 g/mol. The Labute approximate surface area is 113 Å². The maximum absolute atomic E-state index is 11.6. The van der Waals surface area contributed by atoms with Crippen LogP contribution in [0.1, 0.15) is 37.7 Å². The van der Waals surface area contributed by atoms with Gasteiger partial charge in [0.2, 0.25) is 0 Å². The van der Waals surface area contributed by atoms with Crippen molar-refractivity contribution in [3.05, 3.63) is 48.0 Å². The molecule has 2 atom stereocenters. The van der Waals surface area contributed by atoms with Crippen molar-refractivity contribution < 1.29 is 9.53 Å². The molecule has 98 valence electrons. The zero-order chi connectivity index (χ0) is 13.2. The van der Waals surface area contributed by atoms with Crippen LogP contribution in [0, 0.1) is 0 Å². The van der Waals surface area contributed by atoms with Crippen molar-refractivity contribution in [3.8, 4) is 0 Å². The molecule has 2 aromatic rings. The molecule has 1 heterocycles. The van der Waals surface area contributed by atoms with Crippen LogP contribution in [0.2, 0.25) is 0 Å². The van der Waals surface area contributed by atoms with E-state index < -0.39 is 0 Å². The van der Waals surface area contributed by atoms with Crippen molar-refractivity contribution in [1.29, 1.82) is 0 Å². The fourth-order valence-electron chi connectivity index (χ4n) is 3.04. The molecular weight excluding hydrogens is 236 g/mol. The molecule has 1 fully saturated rings. The van der Waals surface area contributed by atoms with Crippen LogP contribution in [0.5, 0.6) is 0 Å². The van der Waals surface area contributed by atoms with Gasteiger partial charge >= 0.3 is 5.97 Å². The molecule has 0 aliphatic carbocycles. The van der Waals surface area contributed by atoms with Gasteiger partial charge in [0.1, 0.15) is 6.10 Å². The fraction of sp³-hybridized carbons (Fsp3) is 0.353. The molecule has 0 radical (unpaired) electrons. The molecule has 2 nitrogen and oxygen atoms in total. The van der Waals surface area contributed by atoms with E-state index in [1.54, 1.807) is 0 Å². The second kappa shape index (κ2) is 5.04. The van der Waals surface area contributed by atoms with Crippen molar-refractivity contribution in [2.45, 2.75) is 38.2 Å². The number of benzene rings is 2. The first-order chi connectivity index (χ1) is 9.29. The summed E-state index contributed by atoms with van der Waals surface area (Å²) in [4.78, 5) is 11.6. The van der Waals surface area contributed by atoms with E-state index in [4.69, 9.17) is 4.74 Å². The number of ether oxygens (including phenoxy) is 1. The highest BCUT2D eigenvalue weighted by molar-refractivity contribution is 5.87. The molecule has 1 aliphatic heterocycles. The smallest absolute Gasteiger partial charge is 0.306 e. The van der Waals surface area contributed by atoms with Gasteiger partial charge in [-0.2, -0.15) is 0 Å². The van der Waals surface area contributed by atoms with Crippen molar-refractivity contribution >= 4 is 16.7 Å². The van der Waals surface area contributed by atoms with Gasteiger partial charge < -0.3 is 4.74 Å². The molecule has 2 aromatic carbocycles. The third-order valence-corrected chi connectivity index (χ3v) is 3.91. The van der Waals surface area contributed by atoms with E-state index in [0.717, 1.165) is 12.8 Å². The Morgan fingerprint density at radius 3 is 2.79 bits per heavy atom. The number of carbonyl (C=O) groups is 1. The topological polar surface area (TPSA) is 26.3 Å². The van der Waals surface area contributed by atoms with E-state index in [9.17, 15) is 4.79 Å². The number of fused-ring (bicyclic) bond motifs is 1. The molecule has 2 heteroatoms. The first kappa shape index (κ1) is 12.2. The van der Waals surface area contributed by atoms with Crippen LogP contribution in [0.3, 0.4) is 0 Å². The largest absolute Gasteiger partial charge is 0.462 e. The molecule has 0 unspecified atom stereocenters. The maximum Gasteiger partial charge on any atom is 0.306 e. The van der Waals surface area contributed by atoms with E-state index in [1.807, 2.05) is 6.07 Å². The number of cyclic esters (lactones) is 1. The molecule has 0 aromatic heterocycles. The molecule has 0 N–H and O–H groups in total. The summed E-state index contributed by atoms with van der Waals surface area (Å²) in [7, 11) is 0. The van der Waals surface area contributed by atoms with Gasteiger partial charge in [-0.25, -0.2) is 0 Å². The number of hydrogen-bond acceptors (Lipinski definition) is 2. The van der Waals surface area contributed by atoms with Gasteiger partial charge in [0, 0.05) is 5.92 Å². The first-order valence-corrected chi connectivity index (χ1v) is 6.96. The molecule has 0 spiro atoms. The summed E-state index contributed by atoms with van der Waals surface area (Å²) in [5.41, 5.74) is 1.25. The van der Waals surface area contributed by atoms with Gasteiger partial charge in [0.25, 0.3) is 0 Å². The highest BCUT2D eigenvalue weighted by Gasteiger charge is 2.35. The Balaban J connectivity index is 2.05. The Kier molecular flexibility index (Phi) is 3.24. The molecule has 0 saturated carbocycles. The summed E-state index contributed by atoms with van der Waals surface area (Å²) in [6.45, 7) is 2.13. The third kappa shape index (κ3) is 2.23. The van der Waals surface area contributed by atoms with Crippen LogP contribution in [0.4, 0.5) is 0 Å². The van der Waals surface area contributed by atoms with Crippen LogP contribution < -0.4 is 0 Å². The highest BCUT2D eigenvalue weighted by Crippen LogP contribution is 2.37. The fourth-order valence-corrected chi connectivity index (χ4v) is 3.04. The second-order valence-corrected chi connectivity index (χ2v) is 5.20. The highest BCUT2D eigenvalue weighted by atomic mass is 16.5. The molecule has 3 rings (SSSR count). The Bertz CT molecular complexity index is 598. The average Bonchev–Trinajstić information content (AvgIpc) is 2.79. The Morgan fingerprint density at radius 1 is 1.16 bits per heavy atom. The summed E-state index contributed by atoms with van der Waals surface area (Å²) in [6, 6.07) is 14.7. The van der Waals surface area contributed by atoms with Gasteiger partial charge in [-0.05, 0) is 22.8 Å². The minimum Gasteiger partial charge on any atom is -0.462 e. The molecular formula is C17H18O2. The predicted octanol–water partition coefficient (Wildman–Crippen LogP) is 4.04. The minimum absolute atomic E-state index is 0.0447. The van der Waals surface area contributed by atoms with Gasteiger partial charge in [0.05, 0.1) is 6.42 Å². The Hall–Kier alpha value is -1.83. The van der Waals surface area contributed by atoms with Crippen LogP contribution in [0.25, 0.3) is 10.8 Å². The third-order valence-electron chi connectivity index (χ3n) is 3.91. The van der Waals surface area contributed by atoms with Crippen LogP contribution >= 0.6 is 0 Å². The predicted molar refractivity (Wildman–Crippen MR) is 76.1 cm³/mol. The molecule has 1 saturated heterocycles. The SMILES string of the molecule is CCC[C@@H]1OC(=O)C[C@H]1c1cccc2ccccc12. The Morgan fingerprint density at radius 2 is 1.95 bits per heavy atom. The standard InChI is InChI=1S/C17H18O2/c1-2-6-16-15(11-17(18)19-16)14-10-5-8-12-7-3-4-9-13(12)14/h3-5,7-10,15-16H,2,6,11H2,1H3/t15-,16-/m0/s1. The quantitative estimate of drug-likeness (QED) is 0.773. The number of hydrogen-bond donors (Lipinski definition) is 0. The number of esters is 1. The molecule has 19 heavy (non-hydrogen) atoms. The van der Waals surface area contributed by atoms with Crippen molar-refractivity contribution in [2.24, 2.45) is 0 Å². The van der Waals surface area contributed by atoms with Crippen LogP contribution in [-0.2, 0) is 9.53 Å². The lowest BCUT2D eigenvalue weighted by atomic mass is 9.87. The molecule has 0 amide bonds. The van der Waals surface area contributed by atoms with E-state index in [1.165, 1.54) is 16.3 Å². The maximum atomic E-state index is 11.6. The summed E-state index contributed by atoms with van der Waals surface area (Å²) < 4.78 is 5.48. The van der Waals surface area contributed by atoms with Crippen LogP contribution in [-0.4, -0.2) is 12.1 Å². The van der Waals surface area contributed by atoms with Crippen LogP contribution in [0.15, 0.2) is 42.5 Å². The zero-order valence-electron chi connectivity index (χ0n) is 11.1. The molecule has 1 aliphatic rings. The lowest BCUT2D eigenvalue weighted by Crippen LogP contribution is -2.14. The van der Waals surface area contributed by atoms with Crippen molar-refractivity contribution in [3.63, 3.8) is 0 Å². The number of carbonyl (C=O) groups excluding carboxylic acids is 1. The summed E-state index contributed by atoms with van der Waals surface area (Å²) in [6.07, 6.45) is 2.54. The van der Waals surface area contributed by atoms with Gasteiger partial charge in [-0.3, -0.25) is 4.79 Å². The summed E-state index contributed by atoms with van der Waals surface area (Å²) in [5.74, 6) is 0.148. The van der Waals surface area contributed by atoms with Crippen molar-refractivity contribution in [1.82, 2.24) is 0 Å². The van der Waals surface area contributed by atoms with Gasteiger partial charge in [-0.15, -0.1) is 0 Å². The normalized spacial score (nSPS) is 22.7. The first-order valence-electron chi connectivity index (χ1n) is 6.96. The van der Waals surface area contributed by atoms with Crippen molar-refractivity contribution in [2.75, 3.05) is 0 Å². The van der Waals surface area contributed by atoms with E-state index >= 15 is 0 Å². The minimum atomic E-state index is -0.0589. The van der Waals surface area contributed by atoms with E-state index in [0.29, 0.717) is 6.42 Å². The summed E-state index contributed by atoms with van der Waals surface area (Å²) in [5, 5.41) is 2.48. The lowest BCUT2D eigenvalue weighted by molar-refractivity contribution is -0.141. The number of rotatable bonds is 3. The van der Waals surface area contributed by atoms with Gasteiger partial charge in [0.15, 0.2) is 0 Å². The lowest BCUT2D eigenvalue weighted by Gasteiger charge is -2.18. The second-order valence-electron chi connectivity index (χ2n) is 5.20. The van der Waals surface area contributed by atoms with Gasteiger partial charge in [-0.1, -0.05) is 55.8 Å². The van der Waals surface area contributed by atoms with E-state index in [2.05, 4.69) is 43.3 Å². The summed E-state index contributed by atoms with van der Waals surface area (Å²) >= 11 is 0. The zero-order valence-corrected chi connectivity index (χ0v) is 11.1. The monoisotopic (exact) mass is 254 g/mol. The molecule has 0 bridgehead atoms. The van der Waals surface area contributed by atoms with E-state index in [-0.39, 0.29) is 18.0 Å².